The van der Waals surface area contributed by atoms with Crippen molar-refractivity contribution in [3.8, 4) is 5.75 Å². The lowest BCUT2D eigenvalue weighted by Crippen LogP contribution is -2.38. The van der Waals surface area contributed by atoms with Gasteiger partial charge in [0.1, 0.15) is 5.75 Å². The molecular weight excluding hydrogens is 250 g/mol. The van der Waals surface area contributed by atoms with Crippen molar-refractivity contribution in [1.82, 2.24) is 10.2 Å². The van der Waals surface area contributed by atoms with Crippen LogP contribution in [0.1, 0.15) is 31.7 Å². The lowest BCUT2D eigenvalue weighted by Gasteiger charge is -2.22. The normalized spacial score (nSPS) is 11.3. The Morgan fingerprint density at radius 2 is 1.95 bits per heavy atom. The minimum absolute atomic E-state index is 0.831. The molecule has 0 bridgehead atoms. The highest BCUT2D eigenvalue weighted by molar-refractivity contribution is 5.79. The standard InChI is InChI=1S/C16H27N3O/c1-5-6-7-12-18-16(17-2)19(3)13-14-8-10-15(20-4)11-9-14/h8-11H,5-7,12-13H2,1-4H3,(H,17,18). The van der Waals surface area contributed by atoms with Crippen molar-refractivity contribution < 1.29 is 4.74 Å². The molecule has 0 saturated carbocycles. The molecule has 20 heavy (non-hydrogen) atoms. The summed E-state index contributed by atoms with van der Waals surface area (Å²) < 4.78 is 5.17. The molecule has 4 heteroatoms. The first-order valence-corrected chi connectivity index (χ1v) is 7.26. The van der Waals surface area contributed by atoms with Crippen molar-refractivity contribution >= 4 is 5.96 Å². The van der Waals surface area contributed by atoms with Crippen LogP contribution in [0.3, 0.4) is 0 Å². The zero-order valence-electron chi connectivity index (χ0n) is 13.1. The highest BCUT2D eigenvalue weighted by Crippen LogP contribution is 2.12. The Morgan fingerprint density at radius 1 is 1.25 bits per heavy atom. The van der Waals surface area contributed by atoms with E-state index in [0.717, 1.165) is 24.8 Å². The topological polar surface area (TPSA) is 36.9 Å². The summed E-state index contributed by atoms with van der Waals surface area (Å²) in [6.07, 6.45) is 3.68. The monoisotopic (exact) mass is 277 g/mol. The molecule has 0 fully saturated rings. The molecule has 1 aromatic rings. The third-order valence-corrected chi connectivity index (χ3v) is 3.22. The Morgan fingerprint density at radius 3 is 2.50 bits per heavy atom. The molecule has 0 saturated heterocycles. The number of hydrogen-bond donors (Lipinski definition) is 1. The van der Waals surface area contributed by atoms with E-state index in [1.54, 1.807) is 7.11 Å². The molecule has 0 aliphatic rings. The van der Waals surface area contributed by atoms with Gasteiger partial charge in [-0.05, 0) is 24.1 Å². The maximum atomic E-state index is 5.17. The fourth-order valence-corrected chi connectivity index (χ4v) is 2.04. The van der Waals surface area contributed by atoms with E-state index in [-0.39, 0.29) is 0 Å². The summed E-state index contributed by atoms with van der Waals surface area (Å²) >= 11 is 0. The molecule has 0 amide bonds. The fourth-order valence-electron chi connectivity index (χ4n) is 2.04. The average molecular weight is 277 g/mol. The largest absolute Gasteiger partial charge is 0.497 e. The first-order chi connectivity index (χ1) is 9.71. The van der Waals surface area contributed by atoms with Crippen LogP contribution in [-0.2, 0) is 6.54 Å². The van der Waals surface area contributed by atoms with Crippen LogP contribution in [0.5, 0.6) is 5.75 Å². The molecule has 0 aromatic heterocycles. The molecule has 0 aliphatic carbocycles. The summed E-state index contributed by atoms with van der Waals surface area (Å²) in [5.74, 6) is 1.83. The van der Waals surface area contributed by atoms with E-state index in [2.05, 4.69) is 41.3 Å². The van der Waals surface area contributed by atoms with E-state index in [0.29, 0.717) is 0 Å². The van der Waals surface area contributed by atoms with Crippen molar-refractivity contribution in [3.63, 3.8) is 0 Å². The van der Waals surface area contributed by atoms with Gasteiger partial charge in [-0.1, -0.05) is 31.9 Å². The highest BCUT2D eigenvalue weighted by atomic mass is 16.5. The number of hydrogen-bond acceptors (Lipinski definition) is 2. The van der Waals surface area contributed by atoms with Crippen LogP contribution in [0.4, 0.5) is 0 Å². The van der Waals surface area contributed by atoms with Gasteiger partial charge in [-0.2, -0.15) is 0 Å². The van der Waals surface area contributed by atoms with Gasteiger partial charge in [0.25, 0.3) is 0 Å². The number of aliphatic imine (C=N–C) groups is 1. The van der Waals surface area contributed by atoms with Crippen LogP contribution >= 0.6 is 0 Å². The number of benzene rings is 1. The summed E-state index contributed by atoms with van der Waals surface area (Å²) in [7, 11) is 5.56. The lowest BCUT2D eigenvalue weighted by atomic mass is 10.2. The van der Waals surface area contributed by atoms with Crippen LogP contribution in [0.25, 0.3) is 0 Å². The molecular formula is C16H27N3O. The number of nitrogens with zero attached hydrogens (tertiary/aromatic N) is 2. The molecule has 0 atom stereocenters. The second-order valence-electron chi connectivity index (χ2n) is 4.89. The van der Waals surface area contributed by atoms with Crippen LogP contribution in [-0.4, -0.2) is 38.6 Å². The van der Waals surface area contributed by atoms with E-state index in [1.807, 2.05) is 19.2 Å². The molecule has 0 radical (unpaired) electrons. The van der Waals surface area contributed by atoms with E-state index in [4.69, 9.17) is 4.74 Å². The Balaban J connectivity index is 2.47. The van der Waals surface area contributed by atoms with Crippen molar-refractivity contribution in [3.05, 3.63) is 29.8 Å². The van der Waals surface area contributed by atoms with Gasteiger partial charge >= 0.3 is 0 Å². The average Bonchev–Trinajstić information content (AvgIpc) is 2.48. The number of methoxy groups -OCH3 is 1. The molecule has 1 aromatic carbocycles. The molecule has 4 nitrogen and oxygen atoms in total. The van der Waals surface area contributed by atoms with Gasteiger partial charge in [0.2, 0.25) is 0 Å². The Labute approximate surface area is 122 Å². The number of rotatable bonds is 7. The summed E-state index contributed by atoms with van der Waals surface area (Å²) in [5.41, 5.74) is 1.24. The van der Waals surface area contributed by atoms with Crippen molar-refractivity contribution in [2.45, 2.75) is 32.7 Å². The highest BCUT2D eigenvalue weighted by Gasteiger charge is 2.06. The molecule has 0 heterocycles. The van der Waals surface area contributed by atoms with Gasteiger partial charge in [-0.25, -0.2) is 0 Å². The Kier molecular flexibility index (Phi) is 7.55. The number of nitrogens with one attached hydrogen (secondary N) is 1. The fraction of sp³-hybridized carbons (Fsp3) is 0.562. The van der Waals surface area contributed by atoms with E-state index < -0.39 is 0 Å². The maximum Gasteiger partial charge on any atom is 0.193 e. The minimum Gasteiger partial charge on any atom is -0.497 e. The van der Waals surface area contributed by atoms with Gasteiger partial charge in [0.15, 0.2) is 5.96 Å². The molecule has 0 unspecified atom stereocenters. The first-order valence-electron chi connectivity index (χ1n) is 7.26. The molecule has 1 rings (SSSR count). The van der Waals surface area contributed by atoms with Gasteiger partial charge in [0, 0.05) is 27.2 Å². The van der Waals surface area contributed by atoms with E-state index in [9.17, 15) is 0 Å². The third-order valence-electron chi connectivity index (χ3n) is 3.22. The maximum absolute atomic E-state index is 5.17. The summed E-state index contributed by atoms with van der Waals surface area (Å²) in [5, 5.41) is 3.40. The second-order valence-corrected chi connectivity index (χ2v) is 4.89. The predicted octanol–water partition coefficient (Wildman–Crippen LogP) is 2.89. The van der Waals surface area contributed by atoms with E-state index >= 15 is 0 Å². The third kappa shape index (κ3) is 5.51. The minimum atomic E-state index is 0.831. The smallest absolute Gasteiger partial charge is 0.193 e. The molecule has 0 spiro atoms. The lowest BCUT2D eigenvalue weighted by molar-refractivity contribution is 0.414. The van der Waals surface area contributed by atoms with Gasteiger partial charge < -0.3 is 15.0 Å². The Hall–Kier alpha value is -1.71. The second kappa shape index (κ2) is 9.23. The van der Waals surface area contributed by atoms with Crippen molar-refractivity contribution in [1.29, 1.82) is 0 Å². The first kappa shape index (κ1) is 16.3. The number of unbranched alkanes of at least 4 members (excludes halogenated alkanes) is 2. The molecule has 1 N–H and O–H groups in total. The summed E-state index contributed by atoms with van der Waals surface area (Å²) in [6.45, 7) is 4.02. The summed E-state index contributed by atoms with van der Waals surface area (Å²) in [6, 6.07) is 8.14. The quantitative estimate of drug-likeness (QED) is 0.473. The van der Waals surface area contributed by atoms with Gasteiger partial charge in [-0.3, -0.25) is 4.99 Å². The Bertz CT molecular complexity index is 401. The number of guanidine groups is 1. The predicted molar refractivity (Wildman–Crippen MR) is 85.3 cm³/mol. The molecule has 112 valence electrons. The number of ether oxygens (including phenoxy) is 1. The van der Waals surface area contributed by atoms with Gasteiger partial charge in [0.05, 0.1) is 7.11 Å². The van der Waals surface area contributed by atoms with E-state index in [1.165, 1.54) is 24.8 Å². The van der Waals surface area contributed by atoms with Crippen LogP contribution in [0.2, 0.25) is 0 Å². The summed E-state index contributed by atoms with van der Waals surface area (Å²) in [4.78, 5) is 6.45. The van der Waals surface area contributed by atoms with Crippen molar-refractivity contribution in [2.24, 2.45) is 4.99 Å². The zero-order valence-corrected chi connectivity index (χ0v) is 13.1. The SMILES string of the molecule is CCCCCNC(=NC)N(C)Cc1ccc(OC)cc1. The van der Waals surface area contributed by atoms with Crippen LogP contribution in [0.15, 0.2) is 29.3 Å². The van der Waals surface area contributed by atoms with Gasteiger partial charge in [-0.15, -0.1) is 0 Å². The molecule has 0 aliphatic heterocycles. The van der Waals surface area contributed by atoms with Crippen molar-refractivity contribution in [2.75, 3.05) is 27.7 Å². The zero-order chi connectivity index (χ0) is 14.8. The van der Waals surface area contributed by atoms with Crippen LogP contribution < -0.4 is 10.1 Å². The van der Waals surface area contributed by atoms with Crippen LogP contribution in [0, 0.1) is 0 Å².